The lowest BCUT2D eigenvalue weighted by Gasteiger charge is -2.09. The maximum atomic E-state index is 13.1. The van der Waals surface area contributed by atoms with Crippen molar-refractivity contribution in [2.75, 3.05) is 14.2 Å². The maximum absolute atomic E-state index is 13.1. The maximum Gasteiger partial charge on any atom is 0.305 e. The number of ether oxygens (including phenoxy) is 2. The summed E-state index contributed by atoms with van der Waals surface area (Å²) in [5.41, 5.74) is 0.678. The number of aliphatic carboxylic acids is 1. The van der Waals surface area contributed by atoms with E-state index in [1.165, 1.54) is 30.9 Å². The number of nitrogens with zero attached hydrogens (tertiary/aromatic N) is 2. The van der Waals surface area contributed by atoms with Crippen molar-refractivity contribution in [3.05, 3.63) is 18.0 Å². The van der Waals surface area contributed by atoms with Crippen molar-refractivity contribution in [1.29, 1.82) is 0 Å². The van der Waals surface area contributed by atoms with Gasteiger partial charge in [-0.15, -0.1) is 0 Å². The molecule has 0 amide bonds. The first-order valence-corrected chi connectivity index (χ1v) is 6.10. The van der Waals surface area contributed by atoms with Crippen molar-refractivity contribution < 1.29 is 28.2 Å². The Hall–Kier alpha value is -2.38. The summed E-state index contributed by atoms with van der Waals surface area (Å²) in [7, 11) is 2.86. The number of hydrogen-bond acceptors (Lipinski definition) is 4. The second-order valence-corrected chi connectivity index (χ2v) is 4.26. The Balaban J connectivity index is 2.61. The molecule has 0 bridgehead atoms. The van der Waals surface area contributed by atoms with Crippen molar-refractivity contribution in [3.63, 3.8) is 0 Å². The van der Waals surface area contributed by atoms with Crippen LogP contribution in [0.15, 0.2) is 12.1 Å². The van der Waals surface area contributed by atoms with E-state index in [9.17, 15) is 13.6 Å². The number of carboxylic acids is 1. The Morgan fingerprint density at radius 2 is 1.95 bits per heavy atom. The van der Waals surface area contributed by atoms with Crippen LogP contribution in [0.3, 0.4) is 0 Å². The summed E-state index contributed by atoms with van der Waals surface area (Å²) in [4.78, 5) is 14.5. The third-order valence-electron chi connectivity index (χ3n) is 3.03. The van der Waals surface area contributed by atoms with Crippen LogP contribution in [0, 0.1) is 0 Å². The number of halogens is 2. The van der Waals surface area contributed by atoms with Crippen molar-refractivity contribution >= 4 is 17.0 Å². The van der Waals surface area contributed by atoms with E-state index in [1.807, 2.05) is 0 Å². The van der Waals surface area contributed by atoms with Crippen LogP contribution in [-0.4, -0.2) is 34.8 Å². The summed E-state index contributed by atoms with van der Waals surface area (Å²) < 4.78 is 37.5. The van der Waals surface area contributed by atoms with Gasteiger partial charge in [-0.25, -0.2) is 13.8 Å². The standard InChI is InChI=1S/C13H14F2N2O4/c1-20-9-5-7-8(6-10(9)21-2)17(4-3-11(18)19)13(16-7)12(14)15/h5-6,12H,3-4H2,1-2H3,(H,18,19). The zero-order valence-corrected chi connectivity index (χ0v) is 11.5. The molecule has 0 aliphatic carbocycles. The molecule has 2 rings (SSSR count). The highest BCUT2D eigenvalue weighted by atomic mass is 19.3. The molecule has 6 nitrogen and oxygen atoms in total. The number of alkyl halides is 2. The molecule has 0 saturated heterocycles. The predicted molar refractivity (Wildman–Crippen MR) is 70.0 cm³/mol. The highest BCUT2D eigenvalue weighted by Crippen LogP contribution is 2.34. The molecule has 1 aromatic heterocycles. The second kappa shape index (κ2) is 5.94. The quantitative estimate of drug-likeness (QED) is 0.887. The number of carboxylic acid groups (broad SMARTS) is 1. The normalized spacial score (nSPS) is 11.1. The Bertz CT molecular complexity index is 670. The minimum absolute atomic E-state index is 0.0962. The fraction of sp³-hybridized carbons (Fsp3) is 0.385. The number of imidazole rings is 1. The number of aryl methyl sites for hydroxylation is 1. The van der Waals surface area contributed by atoms with Crippen LogP contribution >= 0.6 is 0 Å². The van der Waals surface area contributed by atoms with E-state index in [-0.39, 0.29) is 13.0 Å². The second-order valence-electron chi connectivity index (χ2n) is 4.26. The molecule has 0 aliphatic heterocycles. The minimum atomic E-state index is -2.80. The third kappa shape index (κ3) is 2.88. The molecule has 0 spiro atoms. The average Bonchev–Trinajstić information content (AvgIpc) is 2.81. The van der Waals surface area contributed by atoms with Crippen LogP contribution in [0.4, 0.5) is 8.78 Å². The average molecular weight is 300 g/mol. The highest BCUT2D eigenvalue weighted by Gasteiger charge is 2.21. The van der Waals surface area contributed by atoms with Gasteiger partial charge in [0.05, 0.1) is 31.7 Å². The molecule has 0 unspecified atom stereocenters. The molecule has 2 aromatic rings. The zero-order valence-electron chi connectivity index (χ0n) is 11.5. The fourth-order valence-electron chi connectivity index (χ4n) is 2.08. The lowest BCUT2D eigenvalue weighted by atomic mass is 10.2. The zero-order chi connectivity index (χ0) is 15.6. The van der Waals surface area contributed by atoms with Crippen LogP contribution < -0.4 is 9.47 Å². The summed E-state index contributed by atoms with van der Waals surface area (Å²) >= 11 is 0. The molecule has 1 heterocycles. The molecular formula is C13H14F2N2O4. The minimum Gasteiger partial charge on any atom is -0.493 e. The molecule has 1 aromatic carbocycles. The molecule has 1 N–H and O–H groups in total. The Morgan fingerprint density at radius 1 is 1.33 bits per heavy atom. The van der Waals surface area contributed by atoms with Crippen LogP contribution in [0.5, 0.6) is 11.5 Å². The van der Waals surface area contributed by atoms with Gasteiger partial charge in [0.1, 0.15) is 0 Å². The summed E-state index contributed by atoms with van der Waals surface area (Å²) in [5, 5.41) is 8.73. The monoisotopic (exact) mass is 300 g/mol. The van der Waals surface area contributed by atoms with E-state index in [1.54, 1.807) is 0 Å². The van der Waals surface area contributed by atoms with Gasteiger partial charge in [0.2, 0.25) is 0 Å². The third-order valence-corrected chi connectivity index (χ3v) is 3.03. The Kier molecular flexibility index (Phi) is 4.25. The molecular weight excluding hydrogens is 286 g/mol. The van der Waals surface area contributed by atoms with Gasteiger partial charge < -0.3 is 19.1 Å². The molecule has 0 radical (unpaired) electrons. The smallest absolute Gasteiger partial charge is 0.305 e. The first-order chi connectivity index (χ1) is 9.97. The van der Waals surface area contributed by atoms with E-state index in [0.717, 1.165) is 0 Å². The van der Waals surface area contributed by atoms with E-state index in [4.69, 9.17) is 14.6 Å². The molecule has 0 fully saturated rings. The number of methoxy groups -OCH3 is 2. The van der Waals surface area contributed by atoms with Gasteiger partial charge in [-0.1, -0.05) is 0 Å². The van der Waals surface area contributed by atoms with E-state index < -0.39 is 18.2 Å². The summed E-state index contributed by atoms with van der Waals surface area (Å²) in [6.07, 6.45) is -3.08. The van der Waals surface area contributed by atoms with Crippen LogP contribution in [-0.2, 0) is 11.3 Å². The Labute approximate surface area is 118 Å². The number of rotatable bonds is 6. The first kappa shape index (κ1) is 15.0. The number of aromatic nitrogens is 2. The molecule has 0 saturated carbocycles. The molecule has 21 heavy (non-hydrogen) atoms. The topological polar surface area (TPSA) is 73.6 Å². The number of hydrogen-bond donors (Lipinski definition) is 1. The van der Waals surface area contributed by atoms with E-state index in [0.29, 0.717) is 22.5 Å². The van der Waals surface area contributed by atoms with Crippen LogP contribution in [0.25, 0.3) is 11.0 Å². The Morgan fingerprint density at radius 3 is 2.48 bits per heavy atom. The molecule has 0 atom stereocenters. The van der Waals surface area contributed by atoms with E-state index >= 15 is 0 Å². The van der Waals surface area contributed by atoms with Gasteiger partial charge in [-0.05, 0) is 0 Å². The number of fused-ring (bicyclic) bond motifs is 1. The summed E-state index contributed by atoms with van der Waals surface area (Å²) in [6.45, 7) is -0.0962. The SMILES string of the molecule is COc1cc2nc(C(F)F)n(CCC(=O)O)c2cc1OC. The summed E-state index contributed by atoms with van der Waals surface area (Å²) in [6, 6.07) is 2.99. The van der Waals surface area contributed by atoms with Crippen molar-refractivity contribution in [2.45, 2.75) is 19.4 Å². The predicted octanol–water partition coefficient (Wildman–Crippen LogP) is 2.47. The highest BCUT2D eigenvalue weighted by molar-refractivity contribution is 5.81. The van der Waals surface area contributed by atoms with E-state index in [2.05, 4.69) is 4.98 Å². The molecule has 8 heteroatoms. The van der Waals surface area contributed by atoms with Gasteiger partial charge >= 0.3 is 5.97 Å². The van der Waals surface area contributed by atoms with Crippen LogP contribution in [0.1, 0.15) is 18.7 Å². The fourth-order valence-corrected chi connectivity index (χ4v) is 2.08. The molecule has 114 valence electrons. The van der Waals surface area contributed by atoms with Gasteiger partial charge in [-0.2, -0.15) is 0 Å². The van der Waals surface area contributed by atoms with Crippen molar-refractivity contribution in [3.8, 4) is 11.5 Å². The van der Waals surface area contributed by atoms with Crippen molar-refractivity contribution in [2.24, 2.45) is 0 Å². The van der Waals surface area contributed by atoms with Crippen LogP contribution in [0.2, 0.25) is 0 Å². The van der Waals surface area contributed by atoms with Gasteiger partial charge in [0.25, 0.3) is 6.43 Å². The lowest BCUT2D eigenvalue weighted by Crippen LogP contribution is -2.08. The van der Waals surface area contributed by atoms with Gasteiger partial charge in [-0.3, -0.25) is 4.79 Å². The van der Waals surface area contributed by atoms with Crippen molar-refractivity contribution in [1.82, 2.24) is 9.55 Å². The van der Waals surface area contributed by atoms with Gasteiger partial charge in [0, 0.05) is 18.7 Å². The van der Waals surface area contributed by atoms with Gasteiger partial charge in [0.15, 0.2) is 17.3 Å². The largest absolute Gasteiger partial charge is 0.493 e. The summed E-state index contributed by atoms with van der Waals surface area (Å²) in [5.74, 6) is -0.810. The number of benzene rings is 1. The number of carbonyl (C=O) groups is 1. The lowest BCUT2D eigenvalue weighted by molar-refractivity contribution is -0.137. The molecule has 0 aliphatic rings. The first-order valence-electron chi connectivity index (χ1n) is 6.10.